The van der Waals surface area contributed by atoms with Crippen molar-refractivity contribution >= 4 is 11.6 Å². The van der Waals surface area contributed by atoms with Gasteiger partial charge in [-0.2, -0.15) is 0 Å². The van der Waals surface area contributed by atoms with Gasteiger partial charge in [-0.25, -0.2) is 9.97 Å². The number of hydrogen-bond acceptors (Lipinski definition) is 5. The molecule has 0 saturated heterocycles. The molecule has 0 radical (unpaired) electrons. The van der Waals surface area contributed by atoms with Crippen LogP contribution >= 0.6 is 0 Å². The average molecular weight is 222 g/mol. The van der Waals surface area contributed by atoms with Crippen LogP contribution in [0.25, 0.3) is 0 Å². The van der Waals surface area contributed by atoms with Crippen LogP contribution in [0, 0.1) is 0 Å². The molecule has 5 nitrogen and oxygen atoms in total. The van der Waals surface area contributed by atoms with Crippen LogP contribution in [-0.4, -0.2) is 34.3 Å². The minimum absolute atomic E-state index is 0.145. The van der Waals surface area contributed by atoms with Gasteiger partial charge in [0.05, 0.1) is 6.10 Å². The summed E-state index contributed by atoms with van der Waals surface area (Å²) in [5.74, 6) is 1.76. The molecule has 0 bridgehead atoms. The molecule has 0 aliphatic heterocycles. The minimum atomic E-state index is -0.145. The van der Waals surface area contributed by atoms with E-state index in [1.165, 1.54) is 0 Å². The van der Waals surface area contributed by atoms with E-state index in [0.717, 1.165) is 36.5 Å². The van der Waals surface area contributed by atoms with Gasteiger partial charge in [-0.1, -0.05) is 6.92 Å². The van der Waals surface area contributed by atoms with Crippen LogP contribution in [-0.2, 0) is 6.42 Å². The summed E-state index contributed by atoms with van der Waals surface area (Å²) >= 11 is 0. The molecule has 3 N–H and O–H groups in total. The van der Waals surface area contributed by atoms with Gasteiger partial charge in [0.2, 0.25) is 0 Å². The van der Waals surface area contributed by atoms with Crippen molar-refractivity contribution in [2.45, 2.75) is 38.3 Å². The van der Waals surface area contributed by atoms with E-state index in [4.69, 9.17) is 0 Å². The van der Waals surface area contributed by atoms with Gasteiger partial charge in [-0.3, -0.25) is 0 Å². The van der Waals surface area contributed by atoms with Crippen molar-refractivity contribution in [1.82, 2.24) is 9.97 Å². The Kier molecular flexibility index (Phi) is 3.24. The number of anilines is 2. The molecule has 1 heterocycles. The second-order valence-corrected chi connectivity index (χ2v) is 4.12. The second-order valence-electron chi connectivity index (χ2n) is 4.12. The Morgan fingerprint density at radius 1 is 1.38 bits per heavy atom. The van der Waals surface area contributed by atoms with E-state index in [2.05, 4.69) is 27.5 Å². The summed E-state index contributed by atoms with van der Waals surface area (Å²) in [6.45, 7) is 2.08. The summed E-state index contributed by atoms with van der Waals surface area (Å²) in [7, 11) is 1.86. The fourth-order valence-corrected chi connectivity index (χ4v) is 1.99. The normalized spacial score (nSPS) is 23.7. The molecule has 1 aliphatic carbocycles. The molecular weight excluding hydrogens is 204 g/mol. The van der Waals surface area contributed by atoms with E-state index in [1.807, 2.05) is 7.05 Å². The lowest BCUT2D eigenvalue weighted by Gasteiger charge is -2.33. The minimum Gasteiger partial charge on any atom is -0.393 e. The van der Waals surface area contributed by atoms with E-state index in [0.29, 0.717) is 6.04 Å². The summed E-state index contributed by atoms with van der Waals surface area (Å²) in [5.41, 5.74) is 1.10. The highest BCUT2D eigenvalue weighted by Gasteiger charge is 2.27. The zero-order chi connectivity index (χ0) is 11.5. The Labute approximate surface area is 95.3 Å². The van der Waals surface area contributed by atoms with Crippen LogP contribution < -0.4 is 10.6 Å². The zero-order valence-electron chi connectivity index (χ0n) is 9.70. The fraction of sp³-hybridized carbons (Fsp3) is 0.636. The first-order valence-electron chi connectivity index (χ1n) is 5.70. The fourth-order valence-electron chi connectivity index (χ4n) is 1.99. The van der Waals surface area contributed by atoms with E-state index >= 15 is 0 Å². The molecule has 0 amide bonds. The monoisotopic (exact) mass is 222 g/mol. The Balaban J connectivity index is 2.13. The molecule has 1 aromatic heterocycles. The maximum absolute atomic E-state index is 9.24. The van der Waals surface area contributed by atoms with Gasteiger partial charge in [-0.05, 0) is 19.3 Å². The number of aliphatic hydroxyl groups excluding tert-OH is 1. The SMILES string of the molecule is CCc1c(NC)ncnc1NC1CC(O)C1. The van der Waals surface area contributed by atoms with Crippen molar-refractivity contribution in [3.63, 3.8) is 0 Å². The van der Waals surface area contributed by atoms with Crippen molar-refractivity contribution in [3.05, 3.63) is 11.9 Å². The van der Waals surface area contributed by atoms with Crippen molar-refractivity contribution < 1.29 is 5.11 Å². The van der Waals surface area contributed by atoms with Gasteiger partial charge in [0, 0.05) is 18.7 Å². The van der Waals surface area contributed by atoms with Crippen LogP contribution in [0.15, 0.2) is 6.33 Å². The maximum Gasteiger partial charge on any atom is 0.134 e. The van der Waals surface area contributed by atoms with Crippen LogP contribution in [0.5, 0.6) is 0 Å². The molecule has 0 spiro atoms. The first-order chi connectivity index (χ1) is 7.74. The predicted molar refractivity (Wildman–Crippen MR) is 63.6 cm³/mol. The predicted octanol–water partition coefficient (Wildman–Crippen LogP) is 1.02. The average Bonchev–Trinajstić information content (AvgIpc) is 2.26. The smallest absolute Gasteiger partial charge is 0.134 e. The number of nitrogens with zero attached hydrogens (tertiary/aromatic N) is 2. The summed E-state index contributed by atoms with van der Waals surface area (Å²) in [6, 6.07) is 0.347. The van der Waals surface area contributed by atoms with Gasteiger partial charge in [0.15, 0.2) is 0 Å². The highest BCUT2D eigenvalue weighted by molar-refractivity contribution is 5.57. The molecular formula is C11H18N4O. The van der Waals surface area contributed by atoms with Crippen molar-refractivity contribution in [2.75, 3.05) is 17.7 Å². The molecule has 1 fully saturated rings. The lowest BCUT2D eigenvalue weighted by Crippen LogP contribution is -2.39. The third kappa shape index (κ3) is 2.09. The largest absolute Gasteiger partial charge is 0.393 e. The third-order valence-electron chi connectivity index (χ3n) is 2.99. The van der Waals surface area contributed by atoms with Crippen LogP contribution in [0.3, 0.4) is 0 Å². The van der Waals surface area contributed by atoms with Gasteiger partial charge in [-0.15, -0.1) is 0 Å². The van der Waals surface area contributed by atoms with Gasteiger partial charge in [0.1, 0.15) is 18.0 Å². The lowest BCUT2D eigenvalue weighted by molar-refractivity contribution is 0.0835. The summed E-state index contributed by atoms with van der Waals surface area (Å²) in [4.78, 5) is 8.44. The van der Waals surface area contributed by atoms with Crippen LogP contribution in [0.4, 0.5) is 11.6 Å². The van der Waals surface area contributed by atoms with Gasteiger partial charge >= 0.3 is 0 Å². The first-order valence-corrected chi connectivity index (χ1v) is 5.70. The zero-order valence-corrected chi connectivity index (χ0v) is 9.70. The third-order valence-corrected chi connectivity index (χ3v) is 2.99. The molecule has 16 heavy (non-hydrogen) atoms. The molecule has 1 saturated carbocycles. The molecule has 0 atom stereocenters. The van der Waals surface area contributed by atoms with E-state index < -0.39 is 0 Å². The first kappa shape index (κ1) is 11.1. The van der Waals surface area contributed by atoms with Crippen molar-refractivity contribution in [3.8, 4) is 0 Å². The topological polar surface area (TPSA) is 70.1 Å². The molecule has 2 rings (SSSR count). The maximum atomic E-state index is 9.24. The van der Waals surface area contributed by atoms with E-state index in [1.54, 1.807) is 6.33 Å². The standard InChI is InChI=1S/C11H18N4O/c1-3-9-10(12-2)13-6-14-11(9)15-7-4-8(16)5-7/h6-8,16H,3-5H2,1-2H3,(H2,12,13,14,15). The van der Waals surface area contributed by atoms with Gasteiger partial charge in [0.25, 0.3) is 0 Å². The van der Waals surface area contributed by atoms with Crippen molar-refractivity contribution in [1.29, 1.82) is 0 Å². The van der Waals surface area contributed by atoms with E-state index in [9.17, 15) is 5.11 Å². The van der Waals surface area contributed by atoms with E-state index in [-0.39, 0.29) is 6.10 Å². The molecule has 1 aliphatic rings. The van der Waals surface area contributed by atoms with Crippen molar-refractivity contribution in [2.24, 2.45) is 0 Å². The summed E-state index contributed by atoms with van der Waals surface area (Å²) in [5, 5.41) is 15.7. The Bertz CT molecular complexity index is 363. The number of aliphatic hydroxyl groups is 1. The Morgan fingerprint density at radius 3 is 2.62 bits per heavy atom. The number of rotatable bonds is 4. The Morgan fingerprint density at radius 2 is 2.06 bits per heavy atom. The molecule has 0 unspecified atom stereocenters. The molecule has 5 heteroatoms. The highest BCUT2D eigenvalue weighted by Crippen LogP contribution is 2.26. The molecule has 88 valence electrons. The van der Waals surface area contributed by atoms with Gasteiger partial charge < -0.3 is 15.7 Å². The van der Waals surface area contributed by atoms with Crippen LogP contribution in [0.2, 0.25) is 0 Å². The number of aromatic nitrogens is 2. The molecule has 0 aromatic carbocycles. The second kappa shape index (κ2) is 4.65. The molecule has 1 aromatic rings. The quantitative estimate of drug-likeness (QED) is 0.709. The Hall–Kier alpha value is -1.36. The number of hydrogen-bond donors (Lipinski definition) is 3. The summed E-state index contributed by atoms with van der Waals surface area (Å²) in [6.07, 6.45) is 3.91. The number of nitrogens with one attached hydrogen (secondary N) is 2. The summed E-state index contributed by atoms with van der Waals surface area (Å²) < 4.78 is 0. The van der Waals surface area contributed by atoms with Crippen LogP contribution in [0.1, 0.15) is 25.3 Å². The highest BCUT2D eigenvalue weighted by atomic mass is 16.3. The lowest BCUT2D eigenvalue weighted by atomic mass is 9.89.